The first-order valence-electron chi connectivity index (χ1n) is 16.2. The number of methoxy groups -OCH3 is 1. The summed E-state index contributed by atoms with van der Waals surface area (Å²) < 4.78 is 6.33. The molecule has 0 unspecified atom stereocenters. The first-order chi connectivity index (χ1) is 23.5. The molecule has 0 aromatic heterocycles. The highest BCUT2D eigenvalue weighted by Gasteiger charge is 2.62. The molecule has 0 spiro atoms. The van der Waals surface area contributed by atoms with Gasteiger partial charge in [0.05, 0.1) is 35.3 Å². The molecule has 2 aliphatic heterocycles. The molecule has 4 amide bonds. The van der Waals surface area contributed by atoms with Crippen molar-refractivity contribution in [2.45, 2.75) is 31.6 Å². The maximum absolute atomic E-state index is 14.3. The van der Waals surface area contributed by atoms with Crippen molar-refractivity contribution in [2.24, 2.45) is 29.6 Å². The Morgan fingerprint density at radius 2 is 1.24 bits per heavy atom. The van der Waals surface area contributed by atoms with E-state index in [0.29, 0.717) is 33.8 Å². The van der Waals surface area contributed by atoms with Gasteiger partial charge < -0.3 is 20.1 Å². The molecule has 254 valence electrons. The smallest absolute Gasteiger partial charge is 0.234 e. The number of hydrogen-bond donors (Lipinski definition) is 3. The van der Waals surface area contributed by atoms with Gasteiger partial charge in [0.15, 0.2) is 11.5 Å². The largest absolute Gasteiger partial charge is 0.508 e. The Hall–Kier alpha value is -4.16. The summed E-state index contributed by atoms with van der Waals surface area (Å²) in [6.45, 7) is 0.354. The molecule has 0 radical (unpaired) electrons. The van der Waals surface area contributed by atoms with E-state index in [2.05, 4.69) is 31.9 Å². The summed E-state index contributed by atoms with van der Waals surface area (Å²) in [6, 6.07) is 15.0. The van der Waals surface area contributed by atoms with Crippen molar-refractivity contribution in [3.05, 3.63) is 91.9 Å². The zero-order chi connectivity index (χ0) is 34.7. The number of imide groups is 2. The van der Waals surface area contributed by atoms with Crippen LogP contribution in [0.15, 0.2) is 75.2 Å². The highest BCUT2D eigenvalue weighted by Crippen LogP contribution is 2.60. The van der Waals surface area contributed by atoms with Crippen molar-refractivity contribution < 1.29 is 39.2 Å². The van der Waals surface area contributed by atoms with Crippen molar-refractivity contribution in [1.82, 2.24) is 9.80 Å². The standard InChI is InChI=1S/C37H34Br2N2O8/c1-49-27-17-25(31(38)32(39)33(27)44)28-22-10-11-23-29(36(47)40(34(23)45)14-12-18-2-6-20(42)7-3-18)24(22)16-26-30(28)37(48)41(35(26)46)15-13-19-4-8-21(43)9-5-19/h2-10,17,23-24,26,28-30,42-44H,11-16H2,1H3/t23-,24+,26+,28+,29-,30+/m0/s1. The minimum absolute atomic E-state index is 0.120. The summed E-state index contributed by atoms with van der Waals surface area (Å²) in [7, 11) is 1.43. The van der Waals surface area contributed by atoms with Crippen LogP contribution in [0, 0.1) is 29.6 Å². The van der Waals surface area contributed by atoms with E-state index in [-0.39, 0.29) is 66.1 Å². The predicted molar refractivity (Wildman–Crippen MR) is 185 cm³/mol. The summed E-state index contributed by atoms with van der Waals surface area (Å²) >= 11 is 7.09. The SMILES string of the molecule is COc1cc([C@H]2C3=CC[C@@H]4C(=O)N(CCc5ccc(O)cc5)C(=O)[C@@H]4[C@@H]3C[C@H]3C(=O)N(CCc4ccc(O)cc4)C(=O)[C@@H]23)c(Br)c(Br)c1O. The van der Waals surface area contributed by atoms with Gasteiger partial charge >= 0.3 is 0 Å². The van der Waals surface area contributed by atoms with Gasteiger partial charge in [0, 0.05) is 23.5 Å². The normalized spacial score (nSPS) is 26.1. The van der Waals surface area contributed by atoms with Crippen LogP contribution < -0.4 is 4.74 Å². The summed E-state index contributed by atoms with van der Waals surface area (Å²) in [5, 5.41) is 30.1. The van der Waals surface area contributed by atoms with Crippen molar-refractivity contribution >= 4 is 55.5 Å². The topological polar surface area (TPSA) is 145 Å². The minimum Gasteiger partial charge on any atom is -0.508 e. The van der Waals surface area contributed by atoms with Crippen LogP contribution in [0.25, 0.3) is 0 Å². The van der Waals surface area contributed by atoms with E-state index in [1.165, 1.54) is 16.9 Å². The molecule has 3 N–H and O–H groups in total. The van der Waals surface area contributed by atoms with Gasteiger partial charge in [0.2, 0.25) is 23.6 Å². The van der Waals surface area contributed by atoms with E-state index >= 15 is 0 Å². The molecule has 7 rings (SSSR count). The lowest BCUT2D eigenvalue weighted by Gasteiger charge is -2.44. The van der Waals surface area contributed by atoms with Crippen LogP contribution in [0.4, 0.5) is 0 Å². The summed E-state index contributed by atoms with van der Waals surface area (Å²) in [5.41, 5.74) is 3.22. The first-order valence-corrected chi connectivity index (χ1v) is 17.8. The number of allylic oxidation sites excluding steroid dienone is 2. The number of carbonyl (C=O) groups excluding carboxylic acids is 4. The van der Waals surface area contributed by atoms with Crippen molar-refractivity contribution in [1.29, 1.82) is 0 Å². The molecule has 3 aromatic carbocycles. The van der Waals surface area contributed by atoms with Gasteiger partial charge in [-0.3, -0.25) is 29.0 Å². The third-order valence-corrected chi connectivity index (χ3v) is 12.8. The van der Waals surface area contributed by atoms with Crippen LogP contribution in [0.5, 0.6) is 23.0 Å². The Kier molecular flexibility index (Phi) is 8.81. The van der Waals surface area contributed by atoms with Crippen LogP contribution >= 0.6 is 31.9 Å². The molecule has 2 heterocycles. The molecule has 12 heteroatoms. The van der Waals surface area contributed by atoms with E-state index in [1.807, 2.05) is 6.08 Å². The average Bonchev–Trinajstić information content (AvgIpc) is 3.49. The average molecular weight is 794 g/mol. The lowest BCUT2D eigenvalue weighted by molar-refractivity contribution is -0.142. The molecule has 4 aliphatic rings. The number of phenolic OH excluding ortho intramolecular Hbond substituents is 3. The van der Waals surface area contributed by atoms with Crippen LogP contribution in [-0.2, 0) is 32.0 Å². The number of benzene rings is 3. The second kappa shape index (κ2) is 12.9. The van der Waals surface area contributed by atoms with Gasteiger partial charge in [0.25, 0.3) is 0 Å². The molecule has 10 nitrogen and oxygen atoms in total. The van der Waals surface area contributed by atoms with E-state index in [1.54, 1.807) is 54.6 Å². The van der Waals surface area contributed by atoms with Gasteiger partial charge in [-0.2, -0.15) is 0 Å². The van der Waals surface area contributed by atoms with E-state index in [9.17, 15) is 34.5 Å². The number of ether oxygens (including phenoxy) is 1. The highest BCUT2D eigenvalue weighted by atomic mass is 79.9. The number of phenols is 3. The van der Waals surface area contributed by atoms with Crippen LogP contribution in [0.2, 0.25) is 0 Å². The Labute approximate surface area is 299 Å². The lowest BCUT2D eigenvalue weighted by atomic mass is 9.57. The Morgan fingerprint density at radius 3 is 1.80 bits per heavy atom. The fourth-order valence-electron chi connectivity index (χ4n) is 8.31. The molecule has 3 aromatic rings. The predicted octanol–water partition coefficient (Wildman–Crippen LogP) is 5.46. The zero-order valence-corrected chi connectivity index (χ0v) is 29.7. The molecule has 0 bridgehead atoms. The molecule has 3 fully saturated rings. The fraction of sp³-hybridized carbons (Fsp3) is 0.351. The number of aromatic hydroxyl groups is 3. The molecule has 49 heavy (non-hydrogen) atoms. The van der Waals surface area contributed by atoms with Crippen LogP contribution in [0.1, 0.15) is 35.4 Å². The molecular formula is C37H34Br2N2O8. The van der Waals surface area contributed by atoms with Gasteiger partial charge in [0.1, 0.15) is 11.5 Å². The number of carbonyl (C=O) groups is 4. The van der Waals surface area contributed by atoms with Crippen molar-refractivity contribution in [3.63, 3.8) is 0 Å². The Morgan fingerprint density at radius 1 is 0.714 bits per heavy atom. The first kappa shape index (κ1) is 33.3. The van der Waals surface area contributed by atoms with E-state index in [0.717, 1.165) is 16.7 Å². The number of rotatable bonds is 8. The van der Waals surface area contributed by atoms with Crippen molar-refractivity contribution in [2.75, 3.05) is 20.2 Å². The molecule has 2 aliphatic carbocycles. The van der Waals surface area contributed by atoms with Gasteiger partial charge in [-0.1, -0.05) is 35.9 Å². The summed E-state index contributed by atoms with van der Waals surface area (Å²) in [4.78, 5) is 59.1. The monoisotopic (exact) mass is 792 g/mol. The quantitative estimate of drug-likeness (QED) is 0.202. The molecule has 2 saturated heterocycles. The third kappa shape index (κ3) is 5.62. The second-order valence-corrected chi connectivity index (χ2v) is 14.7. The number of nitrogens with zero attached hydrogens (tertiary/aromatic N) is 2. The Bertz CT molecular complexity index is 1890. The number of hydrogen-bond acceptors (Lipinski definition) is 8. The number of halogens is 2. The molecular weight excluding hydrogens is 760 g/mol. The Balaban J connectivity index is 1.25. The highest BCUT2D eigenvalue weighted by molar-refractivity contribution is 9.13. The number of likely N-dealkylation sites (tertiary alicyclic amines) is 2. The van der Waals surface area contributed by atoms with Crippen LogP contribution in [-0.4, -0.2) is 68.9 Å². The van der Waals surface area contributed by atoms with Gasteiger partial charge in [-0.25, -0.2) is 0 Å². The minimum atomic E-state index is -0.762. The van der Waals surface area contributed by atoms with Crippen molar-refractivity contribution in [3.8, 4) is 23.0 Å². The second-order valence-electron chi connectivity index (χ2n) is 13.2. The maximum atomic E-state index is 14.3. The van der Waals surface area contributed by atoms with E-state index < -0.39 is 35.5 Å². The maximum Gasteiger partial charge on any atom is 0.234 e. The molecule has 6 atom stereocenters. The zero-order valence-electron chi connectivity index (χ0n) is 26.5. The number of amides is 4. The van der Waals surface area contributed by atoms with Gasteiger partial charge in [-0.05, 0) is 110 Å². The van der Waals surface area contributed by atoms with Crippen LogP contribution in [0.3, 0.4) is 0 Å². The van der Waals surface area contributed by atoms with E-state index in [4.69, 9.17) is 4.74 Å². The lowest BCUT2D eigenvalue weighted by Crippen LogP contribution is -2.43. The van der Waals surface area contributed by atoms with Gasteiger partial charge in [-0.15, -0.1) is 0 Å². The number of fused-ring (bicyclic) bond motifs is 4. The third-order valence-electron chi connectivity index (χ3n) is 10.7. The molecule has 1 saturated carbocycles. The summed E-state index contributed by atoms with van der Waals surface area (Å²) in [5.74, 6) is -4.61. The fourth-order valence-corrected chi connectivity index (χ4v) is 9.28. The summed E-state index contributed by atoms with van der Waals surface area (Å²) in [6.07, 6.45) is 3.41.